The smallest absolute Gasteiger partial charge is 0.225 e. The van der Waals surface area contributed by atoms with Gasteiger partial charge in [0.2, 0.25) is 15.9 Å². The Bertz CT molecular complexity index is 525. The molecule has 24 heavy (non-hydrogen) atoms. The van der Waals surface area contributed by atoms with Crippen LogP contribution in [0.3, 0.4) is 0 Å². The number of hydrogen-bond acceptors (Lipinski definition) is 4. The highest BCUT2D eigenvalue weighted by molar-refractivity contribution is 7.90. The Morgan fingerprint density at radius 2 is 1.92 bits per heavy atom. The Kier molecular flexibility index (Phi) is 6.16. The average molecular weight is 358 g/mol. The molecule has 1 saturated carbocycles. The van der Waals surface area contributed by atoms with E-state index in [1.165, 1.54) is 0 Å². The number of carbonyl (C=O) groups is 1. The lowest BCUT2D eigenvalue weighted by Gasteiger charge is -2.34. The number of hydrogen-bond donors (Lipinski definition) is 2. The molecule has 3 fully saturated rings. The van der Waals surface area contributed by atoms with Crippen LogP contribution in [0.1, 0.15) is 51.4 Å². The van der Waals surface area contributed by atoms with Crippen LogP contribution in [-0.4, -0.2) is 57.2 Å². The largest absolute Gasteiger partial charge is 0.341 e. The number of amides is 1. The number of sulfonamides is 1. The van der Waals surface area contributed by atoms with Gasteiger partial charge in [0.15, 0.2) is 0 Å². The van der Waals surface area contributed by atoms with Crippen molar-refractivity contribution < 1.29 is 13.2 Å². The van der Waals surface area contributed by atoms with Gasteiger partial charge < -0.3 is 10.2 Å². The van der Waals surface area contributed by atoms with Crippen molar-refractivity contribution >= 4 is 15.9 Å². The normalized spacial score (nSPS) is 29.2. The highest BCUT2D eigenvalue weighted by atomic mass is 32.2. The molecule has 0 radical (unpaired) electrons. The SMILES string of the molecule is O=C(C1CCCC1)N1CCCC(S(=O)(=O)NCCC2CCNC2)C1. The second kappa shape index (κ2) is 8.15. The molecule has 2 saturated heterocycles. The summed E-state index contributed by atoms with van der Waals surface area (Å²) in [6.07, 6.45) is 7.68. The highest BCUT2D eigenvalue weighted by Crippen LogP contribution is 2.28. The van der Waals surface area contributed by atoms with Gasteiger partial charge in [-0.2, -0.15) is 0 Å². The van der Waals surface area contributed by atoms with Crippen LogP contribution in [0.4, 0.5) is 0 Å². The van der Waals surface area contributed by atoms with Crippen LogP contribution < -0.4 is 10.0 Å². The molecule has 2 heterocycles. The maximum atomic E-state index is 12.6. The lowest BCUT2D eigenvalue weighted by molar-refractivity contribution is -0.136. The Balaban J connectivity index is 1.49. The summed E-state index contributed by atoms with van der Waals surface area (Å²) in [4.78, 5) is 14.4. The highest BCUT2D eigenvalue weighted by Gasteiger charge is 2.35. The summed E-state index contributed by atoms with van der Waals surface area (Å²) in [6.45, 7) is 3.64. The minimum absolute atomic E-state index is 0.134. The van der Waals surface area contributed by atoms with E-state index >= 15 is 0 Å². The first-order valence-corrected chi connectivity index (χ1v) is 11.1. The van der Waals surface area contributed by atoms with Crippen LogP contribution >= 0.6 is 0 Å². The van der Waals surface area contributed by atoms with Gasteiger partial charge in [-0.1, -0.05) is 12.8 Å². The molecule has 1 amide bonds. The Labute approximate surface area is 145 Å². The number of nitrogens with zero attached hydrogens (tertiary/aromatic N) is 1. The van der Waals surface area contributed by atoms with E-state index in [9.17, 15) is 13.2 Å². The van der Waals surface area contributed by atoms with Crippen molar-refractivity contribution in [2.24, 2.45) is 11.8 Å². The van der Waals surface area contributed by atoms with Gasteiger partial charge in [0, 0.05) is 25.6 Å². The van der Waals surface area contributed by atoms with Crippen LogP contribution in [0, 0.1) is 11.8 Å². The zero-order chi connectivity index (χ0) is 17.0. The fraction of sp³-hybridized carbons (Fsp3) is 0.941. The van der Waals surface area contributed by atoms with E-state index in [2.05, 4.69) is 10.0 Å². The molecule has 138 valence electrons. The van der Waals surface area contributed by atoms with Crippen LogP contribution in [0.15, 0.2) is 0 Å². The van der Waals surface area contributed by atoms with E-state index in [-0.39, 0.29) is 11.8 Å². The second-order valence-electron chi connectivity index (χ2n) is 7.62. The molecule has 1 aliphatic carbocycles. The van der Waals surface area contributed by atoms with E-state index in [0.29, 0.717) is 25.4 Å². The maximum Gasteiger partial charge on any atom is 0.225 e. The third kappa shape index (κ3) is 4.49. The van der Waals surface area contributed by atoms with Crippen molar-refractivity contribution in [3.63, 3.8) is 0 Å². The molecule has 3 aliphatic rings. The Hall–Kier alpha value is -0.660. The lowest BCUT2D eigenvalue weighted by atomic mass is 10.0. The monoisotopic (exact) mass is 357 g/mol. The molecule has 2 unspecified atom stereocenters. The van der Waals surface area contributed by atoms with Gasteiger partial charge >= 0.3 is 0 Å². The van der Waals surface area contributed by atoms with Crippen molar-refractivity contribution in [3.05, 3.63) is 0 Å². The molecule has 2 aliphatic heterocycles. The molecule has 2 atom stereocenters. The summed E-state index contributed by atoms with van der Waals surface area (Å²) in [7, 11) is -3.33. The van der Waals surface area contributed by atoms with Gasteiger partial charge in [-0.15, -0.1) is 0 Å². The van der Waals surface area contributed by atoms with Crippen molar-refractivity contribution in [2.45, 2.75) is 56.6 Å². The molecule has 7 heteroatoms. The molecule has 0 aromatic heterocycles. The first-order valence-electron chi connectivity index (χ1n) is 9.54. The first kappa shape index (κ1) is 18.1. The van der Waals surface area contributed by atoms with Crippen molar-refractivity contribution in [2.75, 3.05) is 32.7 Å². The molecular weight excluding hydrogens is 326 g/mol. The topological polar surface area (TPSA) is 78.5 Å². The number of likely N-dealkylation sites (tertiary alicyclic amines) is 1. The fourth-order valence-electron chi connectivity index (χ4n) is 4.31. The van der Waals surface area contributed by atoms with Crippen molar-refractivity contribution in [3.8, 4) is 0 Å². The molecule has 6 nitrogen and oxygen atoms in total. The summed E-state index contributed by atoms with van der Waals surface area (Å²) < 4.78 is 28.0. The van der Waals surface area contributed by atoms with Gasteiger partial charge in [-0.3, -0.25) is 4.79 Å². The van der Waals surface area contributed by atoms with Crippen LogP contribution in [0.2, 0.25) is 0 Å². The van der Waals surface area contributed by atoms with Crippen LogP contribution in [-0.2, 0) is 14.8 Å². The molecule has 3 rings (SSSR count). The predicted molar refractivity (Wildman–Crippen MR) is 94.1 cm³/mol. The van der Waals surface area contributed by atoms with Gasteiger partial charge in [0.25, 0.3) is 0 Å². The minimum Gasteiger partial charge on any atom is -0.341 e. The standard InChI is InChI=1S/C17H31N3O3S/c21-17(15-4-1-2-5-15)20-11-3-6-16(13-20)24(22,23)19-10-8-14-7-9-18-12-14/h14-16,18-19H,1-13H2. The molecule has 0 aromatic carbocycles. The molecule has 2 N–H and O–H groups in total. The van der Waals surface area contributed by atoms with E-state index in [0.717, 1.165) is 64.6 Å². The summed E-state index contributed by atoms with van der Waals surface area (Å²) in [5.41, 5.74) is 0. The number of nitrogens with one attached hydrogen (secondary N) is 2. The molecular formula is C17H31N3O3S. The minimum atomic E-state index is -3.33. The van der Waals surface area contributed by atoms with E-state index in [1.54, 1.807) is 0 Å². The van der Waals surface area contributed by atoms with Crippen molar-refractivity contribution in [1.29, 1.82) is 0 Å². The fourth-order valence-corrected chi connectivity index (χ4v) is 5.80. The second-order valence-corrected chi connectivity index (χ2v) is 9.66. The van der Waals surface area contributed by atoms with Gasteiger partial charge in [0.1, 0.15) is 0 Å². The quantitative estimate of drug-likeness (QED) is 0.746. The first-order chi connectivity index (χ1) is 11.6. The lowest BCUT2D eigenvalue weighted by Crippen LogP contribution is -2.49. The Morgan fingerprint density at radius 1 is 1.12 bits per heavy atom. The zero-order valence-corrected chi connectivity index (χ0v) is 15.3. The zero-order valence-electron chi connectivity index (χ0n) is 14.5. The van der Waals surface area contributed by atoms with E-state index in [1.807, 2.05) is 4.90 Å². The van der Waals surface area contributed by atoms with Crippen LogP contribution in [0.25, 0.3) is 0 Å². The van der Waals surface area contributed by atoms with E-state index < -0.39 is 15.3 Å². The summed E-state index contributed by atoms with van der Waals surface area (Å²) in [5.74, 6) is 0.901. The van der Waals surface area contributed by atoms with Gasteiger partial charge in [0.05, 0.1) is 5.25 Å². The molecule has 0 aromatic rings. The third-order valence-electron chi connectivity index (χ3n) is 5.85. The number of rotatable bonds is 6. The molecule has 0 bridgehead atoms. The summed E-state index contributed by atoms with van der Waals surface area (Å²) in [6, 6.07) is 0. The van der Waals surface area contributed by atoms with Gasteiger partial charge in [-0.25, -0.2) is 13.1 Å². The number of carbonyl (C=O) groups excluding carboxylic acids is 1. The van der Waals surface area contributed by atoms with Gasteiger partial charge in [-0.05, 0) is 57.5 Å². The Morgan fingerprint density at radius 3 is 2.62 bits per heavy atom. The predicted octanol–water partition coefficient (Wildman–Crippen LogP) is 1.09. The molecule has 0 spiro atoms. The van der Waals surface area contributed by atoms with Crippen molar-refractivity contribution in [1.82, 2.24) is 14.9 Å². The third-order valence-corrected chi connectivity index (χ3v) is 7.72. The number of piperidine rings is 1. The average Bonchev–Trinajstić information content (AvgIpc) is 3.28. The van der Waals surface area contributed by atoms with E-state index in [4.69, 9.17) is 0 Å². The maximum absolute atomic E-state index is 12.6. The summed E-state index contributed by atoms with van der Waals surface area (Å²) >= 11 is 0. The van der Waals surface area contributed by atoms with Crippen LogP contribution in [0.5, 0.6) is 0 Å². The summed E-state index contributed by atoms with van der Waals surface area (Å²) in [5, 5.41) is 2.86.